The van der Waals surface area contributed by atoms with Gasteiger partial charge in [-0.1, -0.05) is 12.1 Å². The van der Waals surface area contributed by atoms with Gasteiger partial charge in [0.2, 0.25) is 0 Å². The molecule has 1 unspecified atom stereocenters. The molecule has 0 spiro atoms. The molecule has 1 N–H and O–H groups in total. The Morgan fingerprint density at radius 1 is 1.25 bits per heavy atom. The van der Waals surface area contributed by atoms with Crippen LogP contribution in [0.1, 0.15) is 19.8 Å². The van der Waals surface area contributed by atoms with Crippen molar-refractivity contribution in [2.24, 2.45) is 5.92 Å². The Balaban J connectivity index is 1.68. The van der Waals surface area contributed by atoms with Crippen molar-refractivity contribution in [3.05, 3.63) is 24.3 Å². The lowest BCUT2D eigenvalue weighted by Gasteiger charge is -2.28. The first-order valence-corrected chi connectivity index (χ1v) is 7.38. The summed E-state index contributed by atoms with van der Waals surface area (Å²) in [5.74, 6) is 2.30. The molecule has 0 amide bonds. The summed E-state index contributed by atoms with van der Waals surface area (Å²) >= 11 is 0. The minimum atomic E-state index is 0.514. The van der Waals surface area contributed by atoms with Crippen molar-refractivity contribution >= 4 is 0 Å². The van der Waals surface area contributed by atoms with Gasteiger partial charge in [0.15, 0.2) is 11.5 Å². The van der Waals surface area contributed by atoms with Crippen molar-refractivity contribution < 1.29 is 14.2 Å². The van der Waals surface area contributed by atoms with E-state index in [4.69, 9.17) is 14.2 Å². The minimum absolute atomic E-state index is 0.514. The molecule has 0 aliphatic carbocycles. The summed E-state index contributed by atoms with van der Waals surface area (Å²) < 4.78 is 16.4. The number of hydrogen-bond acceptors (Lipinski definition) is 4. The zero-order valence-electron chi connectivity index (χ0n) is 12.4. The van der Waals surface area contributed by atoms with Crippen LogP contribution < -0.4 is 14.8 Å². The van der Waals surface area contributed by atoms with Crippen LogP contribution in [0.4, 0.5) is 0 Å². The van der Waals surface area contributed by atoms with Crippen molar-refractivity contribution in [3.63, 3.8) is 0 Å². The lowest BCUT2D eigenvalue weighted by molar-refractivity contribution is 0.0555. The fourth-order valence-corrected chi connectivity index (χ4v) is 2.57. The second kappa shape index (κ2) is 8.12. The molecule has 1 atom stereocenters. The molecule has 112 valence electrons. The van der Waals surface area contributed by atoms with E-state index in [1.165, 1.54) is 0 Å². The normalized spacial score (nSPS) is 17.7. The van der Waals surface area contributed by atoms with Crippen molar-refractivity contribution in [1.29, 1.82) is 0 Å². The van der Waals surface area contributed by atoms with Crippen LogP contribution in [0.2, 0.25) is 0 Å². The van der Waals surface area contributed by atoms with Gasteiger partial charge in [-0.05, 0) is 37.8 Å². The van der Waals surface area contributed by atoms with Crippen LogP contribution in [0, 0.1) is 5.92 Å². The maximum Gasteiger partial charge on any atom is 0.161 e. The topological polar surface area (TPSA) is 39.7 Å². The van der Waals surface area contributed by atoms with E-state index in [0.29, 0.717) is 12.6 Å². The molecular formula is C16H25NO3. The number of nitrogens with one attached hydrogen (secondary N) is 1. The standard InChI is InChI=1S/C16H25NO3/c1-13(14-7-10-19-11-8-14)17-9-12-20-16-6-4-3-5-15(16)18-2/h3-6,13-14,17H,7-12H2,1-2H3. The van der Waals surface area contributed by atoms with Gasteiger partial charge in [0.05, 0.1) is 7.11 Å². The van der Waals surface area contributed by atoms with Crippen molar-refractivity contribution in [2.75, 3.05) is 33.5 Å². The summed E-state index contributed by atoms with van der Waals surface area (Å²) in [5, 5.41) is 3.54. The number of ether oxygens (including phenoxy) is 3. The average molecular weight is 279 g/mol. The highest BCUT2D eigenvalue weighted by atomic mass is 16.5. The molecule has 4 heteroatoms. The van der Waals surface area contributed by atoms with Crippen LogP contribution in [0.15, 0.2) is 24.3 Å². The Kier molecular flexibility index (Phi) is 6.15. The van der Waals surface area contributed by atoms with Crippen LogP contribution in [-0.2, 0) is 4.74 Å². The SMILES string of the molecule is COc1ccccc1OCCNC(C)C1CCOCC1. The van der Waals surface area contributed by atoms with E-state index in [-0.39, 0.29) is 0 Å². The lowest BCUT2D eigenvalue weighted by Crippen LogP contribution is -2.38. The fraction of sp³-hybridized carbons (Fsp3) is 0.625. The van der Waals surface area contributed by atoms with Gasteiger partial charge in [-0.2, -0.15) is 0 Å². The Bertz CT molecular complexity index is 391. The Labute approximate surface area is 121 Å². The monoisotopic (exact) mass is 279 g/mol. The van der Waals surface area contributed by atoms with E-state index in [1.807, 2.05) is 24.3 Å². The number of benzene rings is 1. The lowest BCUT2D eigenvalue weighted by atomic mass is 9.93. The van der Waals surface area contributed by atoms with Gasteiger partial charge < -0.3 is 19.5 Å². The average Bonchev–Trinajstić information content (AvgIpc) is 2.52. The highest BCUT2D eigenvalue weighted by Crippen LogP contribution is 2.25. The number of para-hydroxylation sites is 2. The zero-order valence-corrected chi connectivity index (χ0v) is 12.4. The quantitative estimate of drug-likeness (QED) is 0.778. The predicted molar refractivity (Wildman–Crippen MR) is 79.5 cm³/mol. The molecule has 1 aromatic carbocycles. The van der Waals surface area contributed by atoms with Crippen LogP contribution in [0.5, 0.6) is 11.5 Å². The third-order valence-corrected chi connectivity index (χ3v) is 3.87. The smallest absolute Gasteiger partial charge is 0.161 e. The molecule has 1 aliphatic rings. The minimum Gasteiger partial charge on any atom is -0.493 e. The molecule has 0 bridgehead atoms. The van der Waals surface area contributed by atoms with Gasteiger partial charge >= 0.3 is 0 Å². The first-order chi connectivity index (χ1) is 9.81. The van der Waals surface area contributed by atoms with Crippen molar-refractivity contribution in [2.45, 2.75) is 25.8 Å². The van der Waals surface area contributed by atoms with Crippen LogP contribution in [0.3, 0.4) is 0 Å². The molecule has 0 aromatic heterocycles. The van der Waals surface area contributed by atoms with Crippen LogP contribution >= 0.6 is 0 Å². The highest BCUT2D eigenvalue weighted by Gasteiger charge is 2.19. The number of rotatable bonds is 7. The molecule has 20 heavy (non-hydrogen) atoms. The maximum absolute atomic E-state index is 5.75. The van der Waals surface area contributed by atoms with Crippen molar-refractivity contribution in [3.8, 4) is 11.5 Å². The third-order valence-electron chi connectivity index (χ3n) is 3.87. The Morgan fingerprint density at radius 3 is 2.65 bits per heavy atom. The van der Waals surface area contributed by atoms with Crippen LogP contribution in [0.25, 0.3) is 0 Å². The van der Waals surface area contributed by atoms with Gasteiger partial charge in [-0.15, -0.1) is 0 Å². The number of hydrogen-bond donors (Lipinski definition) is 1. The summed E-state index contributed by atoms with van der Waals surface area (Å²) in [6.07, 6.45) is 2.31. The summed E-state index contributed by atoms with van der Waals surface area (Å²) in [4.78, 5) is 0. The zero-order chi connectivity index (χ0) is 14.2. The first kappa shape index (κ1) is 15.1. The first-order valence-electron chi connectivity index (χ1n) is 7.38. The van der Waals surface area contributed by atoms with Gasteiger partial charge in [0.25, 0.3) is 0 Å². The Morgan fingerprint density at radius 2 is 1.95 bits per heavy atom. The maximum atomic E-state index is 5.75. The molecule has 1 fully saturated rings. The molecular weight excluding hydrogens is 254 g/mol. The molecule has 1 heterocycles. The van der Waals surface area contributed by atoms with E-state index < -0.39 is 0 Å². The van der Waals surface area contributed by atoms with E-state index in [9.17, 15) is 0 Å². The van der Waals surface area contributed by atoms with Crippen molar-refractivity contribution in [1.82, 2.24) is 5.32 Å². The van der Waals surface area contributed by atoms with Gasteiger partial charge in [-0.25, -0.2) is 0 Å². The number of methoxy groups -OCH3 is 1. The summed E-state index contributed by atoms with van der Waals surface area (Å²) in [6.45, 7) is 5.53. The summed E-state index contributed by atoms with van der Waals surface area (Å²) in [6, 6.07) is 8.25. The largest absolute Gasteiger partial charge is 0.493 e. The fourth-order valence-electron chi connectivity index (χ4n) is 2.57. The molecule has 1 saturated heterocycles. The van der Waals surface area contributed by atoms with E-state index in [0.717, 1.165) is 50.0 Å². The third kappa shape index (κ3) is 4.39. The van der Waals surface area contributed by atoms with E-state index in [2.05, 4.69) is 12.2 Å². The molecule has 1 aromatic rings. The highest BCUT2D eigenvalue weighted by molar-refractivity contribution is 5.39. The van der Waals surface area contributed by atoms with Gasteiger partial charge in [-0.3, -0.25) is 0 Å². The van der Waals surface area contributed by atoms with Crippen LogP contribution in [-0.4, -0.2) is 39.5 Å². The van der Waals surface area contributed by atoms with Gasteiger partial charge in [0, 0.05) is 25.8 Å². The second-order valence-electron chi connectivity index (χ2n) is 5.19. The second-order valence-corrected chi connectivity index (χ2v) is 5.19. The Hall–Kier alpha value is -1.26. The predicted octanol–water partition coefficient (Wildman–Crippen LogP) is 2.48. The van der Waals surface area contributed by atoms with E-state index >= 15 is 0 Å². The summed E-state index contributed by atoms with van der Waals surface area (Å²) in [7, 11) is 1.66. The molecule has 4 nitrogen and oxygen atoms in total. The summed E-state index contributed by atoms with van der Waals surface area (Å²) in [5.41, 5.74) is 0. The molecule has 1 aliphatic heterocycles. The molecule has 0 saturated carbocycles. The van der Waals surface area contributed by atoms with E-state index in [1.54, 1.807) is 7.11 Å². The molecule has 0 radical (unpaired) electrons. The molecule has 2 rings (SSSR count). The van der Waals surface area contributed by atoms with Gasteiger partial charge in [0.1, 0.15) is 6.61 Å².